The van der Waals surface area contributed by atoms with Gasteiger partial charge in [0.15, 0.2) is 0 Å². The number of halogens is 1. The van der Waals surface area contributed by atoms with Crippen LogP contribution in [0.5, 0.6) is 0 Å². The summed E-state index contributed by atoms with van der Waals surface area (Å²) in [6.45, 7) is 7.36. The molecule has 0 radical (unpaired) electrons. The standard InChI is InChI=1S/C22H48N.ClHO4/c1-5-7-9-11-13-15-17-19-21-23(3,4)22-20-18-16-14-12-10-8-6-2;2-1(3,4)5/h5-22H2,1-4H3;(H,2,3,4,5)/q+1;/p-1. The average molecular weight is 426 g/mol. The van der Waals surface area contributed by atoms with Gasteiger partial charge in [0.1, 0.15) is 0 Å². The highest BCUT2D eigenvalue weighted by atomic mass is 35.7. The first kappa shape index (κ1) is 30.3. The summed E-state index contributed by atoms with van der Waals surface area (Å²) in [5.41, 5.74) is 0. The summed E-state index contributed by atoms with van der Waals surface area (Å²) in [6, 6.07) is 0. The van der Waals surface area contributed by atoms with E-state index in [1.807, 2.05) is 0 Å². The van der Waals surface area contributed by atoms with E-state index in [9.17, 15) is 0 Å². The second-order valence-electron chi connectivity index (χ2n) is 8.71. The lowest BCUT2D eigenvalue weighted by Gasteiger charge is -2.30. The number of quaternary nitrogens is 1. The van der Waals surface area contributed by atoms with Crippen molar-refractivity contribution in [3.05, 3.63) is 0 Å². The minimum Gasteiger partial charge on any atom is -0.328 e. The Hall–Kier alpha value is 0.0900. The van der Waals surface area contributed by atoms with Crippen molar-refractivity contribution in [2.24, 2.45) is 0 Å². The zero-order valence-electron chi connectivity index (χ0n) is 19.2. The maximum absolute atomic E-state index is 8.49. The van der Waals surface area contributed by atoms with E-state index in [1.165, 1.54) is 120 Å². The van der Waals surface area contributed by atoms with Gasteiger partial charge in [-0.05, 0) is 25.7 Å². The normalized spacial score (nSPS) is 12.0. The SMILES string of the molecule is CCCCCCCCCC[N+](C)(C)CCCCCCCCCC.[O-][Cl+3]([O-])([O-])[O-]. The Balaban J connectivity index is 0. The second-order valence-corrected chi connectivity index (χ2v) is 9.47. The molecule has 0 aliphatic heterocycles. The molecular formula is C22H48ClNO4. The van der Waals surface area contributed by atoms with E-state index in [4.69, 9.17) is 18.6 Å². The first-order chi connectivity index (χ1) is 13.1. The zero-order chi connectivity index (χ0) is 21.7. The Morgan fingerprint density at radius 1 is 0.464 bits per heavy atom. The number of hydrogen-bond donors (Lipinski definition) is 0. The van der Waals surface area contributed by atoms with Crippen LogP contribution in [0.3, 0.4) is 0 Å². The summed E-state index contributed by atoms with van der Waals surface area (Å²) < 4.78 is 35.2. The lowest BCUT2D eigenvalue weighted by Crippen LogP contribution is -2.68. The van der Waals surface area contributed by atoms with E-state index in [0.717, 1.165) is 0 Å². The van der Waals surface area contributed by atoms with Crippen molar-refractivity contribution < 1.29 is 33.4 Å². The van der Waals surface area contributed by atoms with Crippen molar-refractivity contribution in [2.75, 3.05) is 27.2 Å². The van der Waals surface area contributed by atoms with E-state index >= 15 is 0 Å². The lowest BCUT2D eigenvalue weighted by molar-refractivity contribution is -2.00. The highest BCUT2D eigenvalue weighted by Crippen LogP contribution is 2.13. The molecule has 0 saturated heterocycles. The van der Waals surface area contributed by atoms with Crippen LogP contribution in [0.2, 0.25) is 0 Å². The van der Waals surface area contributed by atoms with Gasteiger partial charge in [-0.15, -0.1) is 10.2 Å². The second kappa shape index (κ2) is 20.4. The molecule has 0 heterocycles. The Labute approximate surface area is 177 Å². The minimum atomic E-state index is -4.94. The monoisotopic (exact) mass is 425 g/mol. The van der Waals surface area contributed by atoms with Crippen LogP contribution >= 0.6 is 0 Å². The summed E-state index contributed by atoms with van der Waals surface area (Å²) in [5.74, 6) is 0. The van der Waals surface area contributed by atoms with Gasteiger partial charge in [0.25, 0.3) is 0 Å². The van der Waals surface area contributed by atoms with Crippen LogP contribution < -0.4 is 18.6 Å². The third-order valence-electron chi connectivity index (χ3n) is 5.23. The molecule has 0 aromatic carbocycles. The van der Waals surface area contributed by atoms with Crippen molar-refractivity contribution in [2.45, 2.75) is 117 Å². The predicted molar refractivity (Wildman–Crippen MR) is 107 cm³/mol. The smallest absolute Gasteiger partial charge is 0.0782 e. The quantitative estimate of drug-likeness (QED) is 0.249. The Morgan fingerprint density at radius 3 is 0.929 bits per heavy atom. The molecule has 172 valence electrons. The maximum atomic E-state index is 8.49. The van der Waals surface area contributed by atoms with Gasteiger partial charge < -0.3 is 4.48 Å². The highest BCUT2D eigenvalue weighted by Gasteiger charge is 2.13. The number of rotatable bonds is 18. The van der Waals surface area contributed by atoms with Crippen LogP contribution in [-0.4, -0.2) is 31.7 Å². The van der Waals surface area contributed by atoms with Gasteiger partial charge in [-0.1, -0.05) is 90.9 Å². The van der Waals surface area contributed by atoms with Crippen LogP contribution in [-0.2, 0) is 0 Å². The molecule has 0 amide bonds. The van der Waals surface area contributed by atoms with Gasteiger partial charge in [-0.3, -0.25) is 0 Å². The van der Waals surface area contributed by atoms with Gasteiger partial charge in [-0.25, -0.2) is 18.6 Å². The van der Waals surface area contributed by atoms with E-state index < -0.39 is 10.2 Å². The molecule has 0 rings (SSSR count). The molecule has 0 aromatic heterocycles. The first-order valence-corrected chi connectivity index (χ1v) is 12.8. The van der Waals surface area contributed by atoms with Gasteiger partial charge in [-0.2, -0.15) is 0 Å². The fourth-order valence-corrected chi connectivity index (χ4v) is 3.46. The molecule has 0 aliphatic rings. The first-order valence-electron chi connectivity index (χ1n) is 11.6. The van der Waals surface area contributed by atoms with Gasteiger partial charge in [0, 0.05) is 0 Å². The van der Waals surface area contributed by atoms with Gasteiger partial charge in [0.05, 0.1) is 27.2 Å². The molecule has 5 nitrogen and oxygen atoms in total. The lowest BCUT2D eigenvalue weighted by atomic mass is 10.1. The van der Waals surface area contributed by atoms with E-state index in [0.29, 0.717) is 0 Å². The molecule has 0 atom stereocenters. The predicted octanol–water partition coefficient (Wildman–Crippen LogP) is 2.59. The number of hydrogen-bond acceptors (Lipinski definition) is 4. The molecule has 0 fully saturated rings. The molecular weight excluding hydrogens is 378 g/mol. The van der Waals surface area contributed by atoms with E-state index in [-0.39, 0.29) is 0 Å². The summed E-state index contributed by atoms with van der Waals surface area (Å²) in [7, 11) is -0.0784. The van der Waals surface area contributed by atoms with Crippen LogP contribution in [0.15, 0.2) is 0 Å². The highest BCUT2D eigenvalue weighted by molar-refractivity contribution is 4.48. The van der Waals surface area contributed by atoms with Gasteiger partial charge in [0.2, 0.25) is 0 Å². The number of unbranched alkanes of at least 4 members (excludes halogenated alkanes) is 14. The largest absolute Gasteiger partial charge is 0.328 e. The zero-order valence-corrected chi connectivity index (χ0v) is 19.9. The van der Waals surface area contributed by atoms with Crippen molar-refractivity contribution >= 4 is 0 Å². The van der Waals surface area contributed by atoms with Crippen LogP contribution in [0.4, 0.5) is 0 Å². The fraction of sp³-hybridized carbons (Fsp3) is 1.00. The summed E-state index contributed by atoms with van der Waals surface area (Å²) in [4.78, 5) is 0. The van der Waals surface area contributed by atoms with Gasteiger partial charge >= 0.3 is 0 Å². The molecule has 0 aliphatic carbocycles. The number of nitrogens with zero attached hydrogens (tertiary/aromatic N) is 1. The molecule has 0 spiro atoms. The summed E-state index contributed by atoms with van der Waals surface area (Å²) in [6.07, 6.45) is 23.0. The molecule has 0 N–H and O–H groups in total. The van der Waals surface area contributed by atoms with Crippen LogP contribution in [0.1, 0.15) is 117 Å². The molecule has 0 saturated carbocycles. The van der Waals surface area contributed by atoms with Crippen LogP contribution in [0, 0.1) is 10.2 Å². The Kier molecular flexibility index (Phi) is 22.0. The van der Waals surface area contributed by atoms with Crippen molar-refractivity contribution in [1.29, 1.82) is 0 Å². The Bertz CT molecular complexity index is 281. The third kappa shape index (κ3) is 33.7. The topological polar surface area (TPSA) is 92.2 Å². The van der Waals surface area contributed by atoms with Crippen molar-refractivity contribution in [1.82, 2.24) is 0 Å². The summed E-state index contributed by atoms with van der Waals surface area (Å²) >= 11 is 0. The molecule has 0 unspecified atom stereocenters. The third-order valence-corrected chi connectivity index (χ3v) is 5.23. The Morgan fingerprint density at radius 2 is 0.679 bits per heavy atom. The molecule has 28 heavy (non-hydrogen) atoms. The average Bonchev–Trinajstić information content (AvgIpc) is 2.58. The van der Waals surface area contributed by atoms with E-state index in [2.05, 4.69) is 27.9 Å². The van der Waals surface area contributed by atoms with Crippen molar-refractivity contribution in [3.8, 4) is 0 Å². The molecule has 0 aromatic rings. The van der Waals surface area contributed by atoms with Crippen molar-refractivity contribution in [3.63, 3.8) is 0 Å². The fourth-order valence-electron chi connectivity index (χ4n) is 3.46. The molecule has 0 bridgehead atoms. The molecule has 6 heteroatoms. The van der Waals surface area contributed by atoms with Crippen LogP contribution in [0.25, 0.3) is 0 Å². The summed E-state index contributed by atoms with van der Waals surface area (Å²) in [5, 5.41) is 0. The van der Waals surface area contributed by atoms with E-state index in [1.54, 1.807) is 0 Å². The maximum Gasteiger partial charge on any atom is 0.0782 e. The minimum absolute atomic E-state index is 1.24.